The smallest absolute Gasteiger partial charge is 0.226 e. The Bertz CT molecular complexity index is 652. The van der Waals surface area contributed by atoms with E-state index in [1.54, 1.807) is 0 Å². The minimum absolute atomic E-state index is 0.0353. The normalized spacial score (nSPS) is 25.3. The highest BCUT2D eigenvalue weighted by molar-refractivity contribution is 5.86. The molecule has 1 heterocycles. The van der Waals surface area contributed by atoms with Gasteiger partial charge in [0.15, 0.2) is 5.58 Å². The Morgan fingerprint density at radius 3 is 3.14 bits per heavy atom. The molecule has 2 aromatic rings. The number of aromatic nitrogens is 1. The predicted octanol–water partition coefficient (Wildman–Crippen LogP) is 2.04. The van der Waals surface area contributed by atoms with Crippen LogP contribution in [0, 0.1) is 5.41 Å². The number of carbonyl (C=O) groups is 1. The summed E-state index contributed by atoms with van der Waals surface area (Å²) in [5, 5.41) is 17.4. The minimum atomic E-state index is -0.207. The molecule has 1 aromatic heterocycles. The van der Waals surface area contributed by atoms with E-state index in [0.29, 0.717) is 11.3 Å². The molecule has 1 fully saturated rings. The molecule has 2 N–H and O–H groups in total. The molecule has 1 aliphatic rings. The fourth-order valence-corrected chi connectivity index (χ4v) is 3.13. The third kappa shape index (κ3) is 2.65. The van der Waals surface area contributed by atoms with Crippen molar-refractivity contribution < 1.29 is 14.4 Å². The van der Waals surface area contributed by atoms with Crippen molar-refractivity contribution in [2.75, 3.05) is 6.61 Å². The molecule has 2 atom stereocenters. The third-order valence-electron chi connectivity index (χ3n) is 4.56. The molecule has 0 bridgehead atoms. The third-order valence-corrected chi connectivity index (χ3v) is 4.56. The Morgan fingerprint density at radius 2 is 2.33 bits per heavy atom. The molecule has 5 nitrogen and oxygen atoms in total. The summed E-state index contributed by atoms with van der Waals surface area (Å²) in [7, 11) is 0. The van der Waals surface area contributed by atoms with E-state index < -0.39 is 0 Å². The first-order valence-corrected chi connectivity index (χ1v) is 7.36. The Kier molecular flexibility index (Phi) is 3.68. The molecular formula is C16H20N2O3. The molecule has 0 aliphatic heterocycles. The summed E-state index contributed by atoms with van der Waals surface area (Å²) in [6.07, 6.45) is 3.10. The molecule has 0 saturated heterocycles. The number of hydrogen-bond donors (Lipinski definition) is 2. The van der Waals surface area contributed by atoms with Crippen LogP contribution in [0.5, 0.6) is 0 Å². The number of nitrogens with one attached hydrogen (secondary N) is 1. The summed E-state index contributed by atoms with van der Waals surface area (Å²) in [6.45, 7) is 2.13. The van der Waals surface area contributed by atoms with Crippen LogP contribution in [0.2, 0.25) is 0 Å². The standard InChI is InChI=1S/C16H20N2O3/c1-16(10-19)8-4-7-14(16)17-15(20)9-12-11-5-2-3-6-13(11)21-18-12/h2-3,5-6,14,19H,4,7-10H2,1H3,(H,17,20). The number of aliphatic hydroxyl groups is 1. The fraction of sp³-hybridized carbons (Fsp3) is 0.500. The van der Waals surface area contributed by atoms with Gasteiger partial charge in [-0.2, -0.15) is 0 Å². The van der Waals surface area contributed by atoms with E-state index in [9.17, 15) is 9.90 Å². The summed E-state index contributed by atoms with van der Waals surface area (Å²) in [5.74, 6) is -0.0689. The van der Waals surface area contributed by atoms with Gasteiger partial charge in [0.25, 0.3) is 0 Å². The van der Waals surface area contributed by atoms with Crippen LogP contribution in [-0.4, -0.2) is 28.8 Å². The molecule has 0 spiro atoms. The van der Waals surface area contributed by atoms with Crippen molar-refractivity contribution in [3.63, 3.8) is 0 Å². The largest absolute Gasteiger partial charge is 0.396 e. The average molecular weight is 288 g/mol. The summed E-state index contributed by atoms with van der Waals surface area (Å²) in [4.78, 5) is 12.2. The zero-order valence-corrected chi connectivity index (χ0v) is 12.1. The highest BCUT2D eigenvalue weighted by Crippen LogP contribution is 2.37. The number of carbonyl (C=O) groups excluding carboxylic acids is 1. The number of amides is 1. The van der Waals surface area contributed by atoms with Gasteiger partial charge in [-0.15, -0.1) is 0 Å². The number of aliphatic hydroxyl groups excluding tert-OH is 1. The van der Waals surface area contributed by atoms with Gasteiger partial charge in [0.05, 0.1) is 13.0 Å². The molecule has 1 amide bonds. The second-order valence-corrected chi connectivity index (χ2v) is 6.13. The van der Waals surface area contributed by atoms with Crippen LogP contribution in [0.1, 0.15) is 31.9 Å². The number of nitrogens with zero attached hydrogens (tertiary/aromatic N) is 1. The van der Waals surface area contributed by atoms with Gasteiger partial charge in [0.1, 0.15) is 5.69 Å². The first-order valence-electron chi connectivity index (χ1n) is 7.36. The number of hydrogen-bond acceptors (Lipinski definition) is 4. The summed E-state index contributed by atoms with van der Waals surface area (Å²) in [6, 6.07) is 7.56. The van der Waals surface area contributed by atoms with E-state index in [1.807, 2.05) is 31.2 Å². The zero-order chi connectivity index (χ0) is 14.9. The highest BCUT2D eigenvalue weighted by Gasteiger charge is 2.39. The zero-order valence-electron chi connectivity index (χ0n) is 12.1. The molecule has 1 aliphatic carbocycles. The van der Waals surface area contributed by atoms with Crippen molar-refractivity contribution in [1.29, 1.82) is 0 Å². The summed E-state index contributed by atoms with van der Waals surface area (Å²) >= 11 is 0. The highest BCUT2D eigenvalue weighted by atomic mass is 16.5. The quantitative estimate of drug-likeness (QED) is 0.902. The lowest BCUT2D eigenvalue weighted by Gasteiger charge is -2.30. The lowest BCUT2D eigenvalue weighted by atomic mass is 9.85. The van der Waals surface area contributed by atoms with Crippen molar-refractivity contribution >= 4 is 16.9 Å². The monoisotopic (exact) mass is 288 g/mol. The van der Waals surface area contributed by atoms with Gasteiger partial charge in [-0.25, -0.2) is 0 Å². The number of benzene rings is 1. The average Bonchev–Trinajstić information content (AvgIpc) is 3.05. The van der Waals surface area contributed by atoms with Gasteiger partial charge >= 0.3 is 0 Å². The van der Waals surface area contributed by atoms with Crippen LogP contribution in [0.3, 0.4) is 0 Å². The van der Waals surface area contributed by atoms with Gasteiger partial charge in [-0.1, -0.05) is 30.6 Å². The maximum atomic E-state index is 12.2. The Hall–Kier alpha value is -1.88. The molecule has 1 saturated carbocycles. The summed E-state index contributed by atoms with van der Waals surface area (Å²) < 4.78 is 5.21. The van der Waals surface area contributed by atoms with Gasteiger partial charge in [-0.3, -0.25) is 4.79 Å². The van der Waals surface area contributed by atoms with Gasteiger partial charge in [0.2, 0.25) is 5.91 Å². The van der Waals surface area contributed by atoms with E-state index in [1.165, 1.54) is 0 Å². The molecule has 1 aromatic carbocycles. The molecule has 0 radical (unpaired) electrons. The predicted molar refractivity (Wildman–Crippen MR) is 78.7 cm³/mol. The first kappa shape index (κ1) is 14.1. The SMILES string of the molecule is CC1(CO)CCCC1NC(=O)Cc1noc2ccccc12. The van der Waals surface area contributed by atoms with Crippen LogP contribution >= 0.6 is 0 Å². The lowest BCUT2D eigenvalue weighted by Crippen LogP contribution is -2.45. The van der Waals surface area contributed by atoms with E-state index in [0.717, 1.165) is 24.6 Å². The lowest BCUT2D eigenvalue weighted by molar-refractivity contribution is -0.122. The second-order valence-electron chi connectivity index (χ2n) is 6.13. The van der Waals surface area contributed by atoms with Crippen molar-refractivity contribution in [2.24, 2.45) is 5.41 Å². The van der Waals surface area contributed by atoms with Crippen LogP contribution in [-0.2, 0) is 11.2 Å². The van der Waals surface area contributed by atoms with E-state index in [-0.39, 0.29) is 30.4 Å². The van der Waals surface area contributed by atoms with Crippen LogP contribution in [0.4, 0.5) is 0 Å². The number of rotatable bonds is 4. The van der Waals surface area contributed by atoms with Gasteiger partial charge in [0, 0.05) is 16.8 Å². The second kappa shape index (κ2) is 5.48. The minimum Gasteiger partial charge on any atom is -0.396 e. The van der Waals surface area contributed by atoms with E-state index >= 15 is 0 Å². The topological polar surface area (TPSA) is 75.4 Å². The number of fused-ring (bicyclic) bond motifs is 1. The Labute approximate surface area is 123 Å². The van der Waals surface area contributed by atoms with E-state index in [2.05, 4.69) is 10.5 Å². The molecule has 2 unspecified atom stereocenters. The van der Waals surface area contributed by atoms with Crippen molar-refractivity contribution in [1.82, 2.24) is 10.5 Å². The van der Waals surface area contributed by atoms with Gasteiger partial charge < -0.3 is 14.9 Å². The summed E-state index contributed by atoms with van der Waals surface area (Å²) in [5.41, 5.74) is 1.15. The molecule has 3 rings (SSSR count). The fourth-order valence-electron chi connectivity index (χ4n) is 3.13. The van der Waals surface area contributed by atoms with E-state index in [4.69, 9.17) is 4.52 Å². The maximum absolute atomic E-state index is 12.2. The molecule has 5 heteroatoms. The van der Waals surface area contributed by atoms with Crippen LogP contribution < -0.4 is 5.32 Å². The first-order chi connectivity index (χ1) is 10.1. The molecule has 112 valence electrons. The van der Waals surface area contributed by atoms with Crippen molar-refractivity contribution in [3.05, 3.63) is 30.0 Å². The van der Waals surface area contributed by atoms with Gasteiger partial charge in [-0.05, 0) is 25.0 Å². The molecular weight excluding hydrogens is 268 g/mol. The Balaban J connectivity index is 1.69. The molecule has 21 heavy (non-hydrogen) atoms. The number of para-hydroxylation sites is 1. The van der Waals surface area contributed by atoms with Crippen molar-refractivity contribution in [3.8, 4) is 0 Å². The van der Waals surface area contributed by atoms with Crippen LogP contribution in [0.25, 0.3) is 11.0 Å². The van der Waals surface area contributed by atoms with Crippen molar-refractivity contribution in [2.45, 2.75) is 38.6 Å². The van der Waals surface area contributed by atoms with Crippen LogP contribution in [0.15, 0.2) is 28.8 Å². The maximum Gasteiger partial charge on any atom is 0.226 e. The Morgan fingerprint density at radius 1 is 1.52 bits per heavy atom.